The first-order chi connectivity index (χ1) is 20.2. The maximum atomic E-state index is 13.4. The highest BCUT2D eigenvalue weighted by Gasteiger charge is 2.42. The van der Waals surface area contributed by atoms with E-state index in [0.29, 0.717) is 12.8 Å². The van der Waals surface area contributed by atoms with Crippen LogP contribution in [-0.4, -0.2) is 30.0 Å². The second-order valence-corrected chi connectivity index (χ2v) is 10.9. The number of halogens is 3. The third-order valence-electron chi connectivity index (χ3n) is 7.28. The van der Waals surface area contributed by atoms with E-state index in [9.17, 15) is 27.6 Å². The van der Waals surface area contributed by atoms with Gasteiger partial charge in [0.1, 0.15) is 11.3 Å². The number of alkyl halides is 3. The van der Waals surface area contributed by atoms with Crippen LogP contribution >= 0.6 is 0 Å². The minimum Gasteiger partial charge on any atom is -0.449 e. The molecule has 1 aliphatic carbocycles. The molecule has 0 spiro atoms. The second-order valence-electron chi connectivity index (χ2n) is 10.9. The van der Waals surface area contributed by atoms with Crippen LogP contribution in [0.1, 0.15) is 120 Å². The zero-order valence-electron chi connectivity index (χ0n) is 24.8. The van der Waals surface area contributed by atoms with Crippen LogP contribution in [0, 0.1) is 0 Å². The Morgan fingerprint density at radius 2 is 1.50 bits per heavy atom. The molecule has 0 radical (unpaired) electrons. The summed E-state index contributed by atoms with van der Waals surface area (Å²) in [6.07, 6.45) is 12.0. The summed E-state index contributed by atoms with van der Waals surface area (Å²) in [5, 5.41) is 0. The predicted octanol–water partition coefficient (Wildman–Crippen LogP) is 9.56. The van der Waals surface area contributed by atoms with Crippen LogP contribution in [0.2, 0.25) is 0 Å². The van der Waals surface area contributed by atoms with Crippen molar-refractivity contribution in [3.63, 3.8) is 0 Å². The summed E-state index contributed by atoms with van der Waals surface area (Å²) >= 11 is 0. The number of carbonyl (C=O) groups is 3. The number of hydrogen-bond donors (Lipinski definition) is 0. The van der Waals surface area contributed by atoms with Gasteiger partial charge in [-0.3, -0.25) is 4.79 Å². The number of benzene rings is 1. The van der Waals surface area contributed by atoms with Crippen LogP contribution < -0.4 is 4.74 Å². The van der Waals surface area contributed by atoms with E-state index in [1.165, 1.54) is 62.4 Å². The fourth-order valence-corrected chi connectivity index (χ4v) is 4.77. The van der Waals surface area contributed by atoms with Gasteiger partial charge in [-0.05, 0) is 68.9 Å². The molecule has 1 aliphatic rings. The molecule has 1 aromatic rings. The Balaban J connectivity index is 1.82. The number of ether oxygens (including phenoxy) is 2. The molecule has 232 valence electrons. The van der Waals surface area contributed by atoms with E-state index in [-0.39, 0.29) is 35.5 Å². The number of rotatable bonds is 20. The average molecular weight is 591 g/mol. The zero-order chi connectivity index (χ0) is 30.8. The Labute approximate surface area is 248 Å². The average Bonchev–Trinajstić information content (AvgIpc) is 2.95. The zero-order valence-corrected chi connectivity index (χ0v) is 24.8. The van der Waals surface area contributed by atoms with Gasteiger partial charge in [-0.2, -0.15) is 13.2 Å². The number of ketones is 1. The summed E-state index contributed by atoms with van der Waals surface area (Å²) in [5.41, 5.74) is 0.834. The molecule has 0 amide bonds. The molecule has 0 aromatic heterocycles. The highest BCUT2D eigenvalue weighted by Crippen LogP contribution is 2.29. The van der Waals surface area contributed by atoms with Crippen LogP contribution in [-0.2, 0) is 14.3 Å². The van der Waals surface area contributed by atoms with Crippen molar-refractivity contribution >= 4 is 17.7 Å². The van der Waals surface area contributed by atoms with Crippen molar-refractivity contribution in [2.75, 3.05) is 0 Å². The third-order valence-corrected chi connectivity index (χ3v) is 7.28. The van der Waals surface area contributed by atoms with E-state index in [1.807, 2.05) is 13.0 Å². The van der Waals surface area contributed by atoms with Crippen molar-refractivity contribution in [3.05, 3.63) is 65.8 Å². The summed E-state index contributed by atoms with van der Waals surface area (Å²) in [6, 6.07) is 5.04. The molecule has 5 nitrogen and oxygen atoms in total. The maximum Gasteiger partial charge on any atom is 0.425 e. The van der Waals surface area contributed by atoms with E-state index in [0.717, 1.165) is 50.5 Å². The van der Waals surface area contributed by atoms with Crippen LogP contribution in [0.15, 0.2) is 60.2 Å². The van der Waals surface area contributed by atoms with Gasteiger partial charge in [0.2, 0.25) is 0 Å². The SMILES string of the molecule is C=CCCCCCCCCCC1=CC=C(C(=O)Oc2ccc(C(=O)OC(CCCCCCC)C(F)(F)F)cc2)C(=O)C1. The van der Waals surface area contributed by atoms with Gasteiger partial charge in [0.05, 0.1) is 5.56 Å². The molecule has 0 fully saturated rings. The van der Waals surface area contributed by atoms with Crippen molar-refractivity contribution in [2.24, 2.45) is 0 Å². The highest BCUT2D eigenvalue weighted by atomic mass is 19.4. The van der Waals surface area contributed by atoms with Gasteiger partial charge in [-0.1, -0.05) is 82.4 Å². The molecule has 0 saturated carbocycles. The van der Waals surface area contributed by atoms with Gasteiger partial charge in [0.15, 0.2) is 11.9 Å². The van der Waals surface area contributed by atoms with Gasteiger partial charge < -0.3 is 9.47 Å². The molecule has 1 atom stereocenters. The van der Waals surface area contributed by atoms with Gasteiger partial charge in [0.25, 0.3) is 0 Å². The Kier molecular flexibility index (Phi) is 15.9. The second kappa shape index (κ2) is 19.1. The van der Waals surface area contributed by atoms with Crippen molar-refractivity contribution in [3.8, 4) is 5.75 Å². The molecule has 0 heterocycles. The molecule has 0 saturated heterocycles. The van der Waals surface area contributed by atoms with Crippen molar-refractivity contribution in [1.82, 2.24) is 0 Å². The lowest BCUT2D eigenvalue weighted by Crippen LogP contribution is -2.33. The van der Waals surface area contributed by atoms with E-state index < -0.39 is 24.2 Å². The molecule has 0 bridgehead atoms. The van der Waals surface area contributed by atoms with Crippen LogP contribution in [0.5, 0.6) is 5.75 Å². The smallest absolute Gasteiger partial charge is 0.425 e. The first kappa shape index (κ1) is 35.0. The Morgan fingerprint density at radius 1 is 0.881 bits per heavy atom. The minimum atomic E-state index is -4.66. The predicted molar refractivity (Wildman–Crippen MR) is 158 cm³/mol. The quantitative estimate of drug-likeness (QED) is 0.0497. The summed E-state index contributed by atoms with van der Waals surface area (Å²) < 4.78 is 50.2. The van der Waals surface area contributed by atoms with Crippen molar-refractivity contribution in [2.45, 2.75) is 122 Å². The molecule has 1 unspecified atom stereocenters. The number of unbranched alkanes of at least 4 members (excludes halogenated alkanes) is 11. The molecule has 0 aliphatic heterocycles. The number of hydrogen-bond acceptors (Lipinski definition) is 5. The van der Waals surface area contributed by atoms with Gasteiger partial charge >= 0.3 is 18.1 Å². The molecular weight excluding hydrogens is 545 g/mol. The van der Waals surface area contributed by atoms with Gasteiger partial charge in [0, 0.05) is 6.42 Å². The molecule has 2 rings (SSSR count). The lowest BCUT2D eigenvalue weighted by atomic mass is 9.93. The van der Waals surface area contributed by atoms with Crippen molar-refractivity contribution < 1.29 is 37.0 Å². The summed E-state index contributed by atoms with van der Waals surface area (Å²) in [5.74, 6) is -2.17. The third kappa shape index (κ3) is 13.2. The molecular formula is C34H45F3O5. The first-order valence-electron chi connectivity index (χ1n) is 15.3. The molecule has 42 heavy (non-hydrogen) atoms. The summed E-state index contributed by atoms with van der Waals surface area (Å²) in [6.45, 7) is 5.75. The standard InChI is InChI=1S/C34H45F3O5/c1-3-5-7-9-10-11-12-14-15-17-26-19-24-29(30(38)25-26)33(40)41-28-22-20-27(21-23-28)32(39)42-31(34(35,36)37)18-16-13-8-6-4-2/h3,19-24,31H,1,4-18,25H2,2H3. The molecule has 8 heteroatoms. The van der Waals surface area contributed by atoms with E-state index >= 15 is 0 Å². The Bertz CT molecular complexity index is 1070. The number of esters is 2. The summed E-state index contributed by atoms with van der Waals surface area (Å²) in [7, 11) is 0. The van der Waals surface area contributed by atoms with E-state index in [2.05, 4.69) is 6.58 Å². The maximum absolute atomic E-state index is 13.4. The van der Waals surface area contributed by atoms with Gasteiger partial charge in [-0.15, -0.1) is 6.58 Å². The fraction of sp³-hybridized carbons (Fsp3) is 0.559. The van der Waals surface area contributed by atoms with Crippen molar-refractivity contribution in [1.29, 1.82) is 0 Å². The Morgan fingerprint density at radius 3 is 2.12 bits per heavy atom. The number of carbonyl (C=O) groups excluding carboxylic acids is 3. The monoisotopic (exact) mass is 590 g/mol. The summed E-state index contributed by atoms with van der Waals surface area (Å²) in [4.78, 5) is 37.5. The topological polar surface area (TPSA) is 69.7 Å². The van der Waals surface area contributed by atoms with E-state index in [1.54, 1.807) is 6.08 Å². The number of allylic oxidation sites excluding steroid dienone is 4. The fourth-order valence-electron chi connectivity index (χ4n) is 4.77. The van der Waals surface area contributed by atoms with Gasteiger partial charge in [-0.25, -0.2) is 9.59 Å². The largest absolute Gasteiger partial charge is 0.449 e. The minimum absolute atomic E-state index is 0.0614. The molecule has 0 N–H and O–H groups in total. The lowest BCUT2D eigenvalue weighted by molar-refractivity contribution is -0.206. The van der Waals surface area contributed by atoms with E-state index in [4.69, 9.17) is 9.47 Å². The number of Topliss-reactive ketones (excluding diaryl/α,β-unsaturated/α-hetero) is 1. The lowest BCUT2D eigenvalue weighted by Gasteiger charge is -2.20. The Hall–Kier alpha value is -3.16. The van der Waals surface area contributed by atoms with Crippen LogP contribution in [0.3, 0.4) is 0 Å². The van der Waals surface area contributed by atoms with Crippen LogP contribution in [0.25, 0.3) is 0 Å². The van der Waals surface area contributed by atoms with Crippen LogP contribution in [0.4, 0.5) is 13.2 Å². The normalized spacial score (nSPS) is 14.1. The highest BCUT2D eigenvalue weighted by molar-refractivity contribution is 6.19. The first-order valence-corrected chi connectivity index (χ1v) is 15.3. The molecule has 1 aromatic carbocycles.